The molecule has 5 nitrogen and oxygen atoms in total. The van der Waals surface area contributed by atoms with Gasteiger partial charge in [0.1, 0.15) is 5.82 Å². The summed E-state index contributed by atoms with van der Waals surface area (Å²) in [5.74, 6) is -0.0859. The van der Waals surface area contributed by atoms with E-state index in [4.69, 9.17) is 0 Å². The third kappa shape index (κ3) is 4.60. The summed E-state index contributed by atoms with van der Waals surface area (Å²) < 4.78 is 12.9. The van der Waals surface area contributed by atoms with Crippen molar-refractivity contribution < 1.29 is 9.18 Å². The van der Waals surface area contributed by atoms with Crippen LogP contribution in [0.25, 0.3) is 0 Å². The molecule has 25 heavy (non-hydrogen) atoms. The summed E-state index contributed by atoms with van der Waals surface area (Å²) in [7, 11) is 0. The van der Waals surface area contributed by atoms with Gasteiger partial charge in [0.2, 0.25) is 0 Å². The molecule has 0 aliphatic heterocycles. The minimum absolute atomic E-state index is 0.219. The summed E-state index contributed by atoms with van der Waals surface area (Å²) >= 11 is 0. The van der Waals surface area contributed by atoms with Gasteiger partial charge in [-0.2, -0.15) is 0 Å². The number of hydrogen-bond acceptors (Lipinski definition) is 4. The van der Waals surface area contributed by atoms with Gasteiger partial charge in [-0.25, -0.2) is 4.39 Å². The van der Waals surface area contributed by atoms with Crippen molar-refractivity contribution in [1.82, 2.24) is 15.5 Å². The molecule has 0 aliphatic carbocycles. The van der Waals surface area contributed by atoms with Gasteiger partial charge in [0, 0.05) is 12.2 Å². The molecule has 0 saturated carbocycles. The van der Waals surface area contributed by atoms with Crippen LogP contribution >= 0.6 is 0 Å². The van der Waals surface area contributed by atoms with Crippen LogP contribution in [-0.2, 0) is 6.54 Å². The Kier molecular flexibility index (Phi) is 4.99. The molecule has 0 saturated heterocycles. The number of carbonyl (C=O) groups excluding carboxylic acids is 1. The summed E-state index contributed by atoms with van der Waals surface area (Å²) in [5.41, 5.74) is 3.06. The number of aromatic nitrogens is 2. The number of hydrogen-bond donors (Lipinski definition) is 2. The number of anilines is 2. The van der Waals surface area contributed by atoms with E-state index in [1.807, 2.05) is 31.2 Å². The first kappa shape index (κ1) is 16.6. The predicted molar refractivity (Wildman–Crippen MR) is 94.1 cm³/mol. The van der Waals surface area contributed by atoms with E-state index >= 15 is 0 Å². The number of carbonyl (C=O) groups is 1. The Morgan fingerprint density at radius 1 is 1.04 bits per heavy atom. The molecule has 0 bridgehead atoms. The first-order valence-electron chi connectivity index (χ1n) is 7.80. The Balaban J connectivity index is 1.59. The van der Waals surface area contributed by atoms with Crippen LogP contribution in [-0.4, -0.2) is 16.1 Å². The lowest BCUT2D eigenvalue weighted by molar-refractivity contribution is 0.0945. The maximum atomic E-state index is 12.9. The monoisotopic (exact) mass is 336 g/mol. The highest BCUT2D eigenvalue weighted by Crippen LogP contribution is 2.15. The number of amides is 1. The summed E-state index contributed by atoms with van der Waals surface area (Å²) in [6.07, 6.45) is 0. The van der Waals surface area contributed by atoms with E-state index in [1.165, 1.54) is 12.1 Å². The van der Waals surface area contributed by atoms with Crippen molar-refractivity contribution in [2.45, 2.75) is 13.5 Å². The Hall–Kier alpha value is -3.28. The highest BCUT2D eigenvalue weighted by molar-refractivity contribution is 5.92. The number of halogens is 1. The molecule has 3 rings (SSSR count). The molecule has 0 fully saturated rings. The van der Waals surface area contributed by atoms with Gasteiger partial charge in [0.15, 0.2) is 11.5 Å². The molecule has 0 aliphatic rings. The minimum Gasteiger partial charge on any atom is -0.347 e. The van der Waals surface area contributed by atoms with Gasteiger partial charge in [-0.15, -0.1) is 10.2 Å². The molecule has 3 aromatic rings. The molecule has 2 N–H and O–H groups in total. The molecule has 1 heterocycles. The molecule has 0 spiro atoms. The van der Waals surface area contributed by atoms with E-state index in [0.717, 1.165) is 16.8 Å². The van der Waals surface area contributed by atoms with E-state index < -0.39 is 0 Å². The number of aryl methyl sites for hydroxylation is 1. The van der Waals surface area contributed by atoms with Crippen molar-refractivity contribution in [3.63, 3.8) is 0 Å². The molecule has 2 aromatic carbocycles. The van der Waals surface area contributed by atoms with Crippen LogP contribution in [0.2, 0.25) is 0 Å². The van der Waals surface area contributed by atoms with Gasteiger partial charge in [-0.05, 0) is 54.4 Å². The highest BCUT2D eigenvalue weighted by Gasteiger charge is 2.08. The summed E-state index contributed by atoms with van der Waals surface area (Å²) in [6.45, 7) is 2.30. The van der Waals surface area contributed by atoms with E-state index in [1.54, 1.807) is 24.3 Å². The van der Waals surface area contributed by atoms with Gasteiger partial charge in [-0.3, -0.25) is 4.79 Å². The molecular weight excluding hydrogens is 319 g/mol. The fourth-order valence-electron chi connectivity index (χ4n) is 2.27. The Labute approximate surface area is 144 Å². The second kappa shape index (κ2) is 7.53. The van der Waals surface area contributed by atoms with E-state index in [9.17, 15) is 9.18 Å². The standard InChI is InChI=1S/C19H17FN4O/c1-13-3-2-4-16(11-13)22-18-10-9-17(23-24-18)19(25)21-12-14-5-7-15(20)8-6-14/h2-11H,12H2,1H3,(H,21,25)(H,22,24). The fourth-order valence-corrected chi connectivity index (χ4v) is 2.27. The van der Waals surface area contributed by atoms with Crippen LogP contribution in [0.3, 0.4) is 0 Å². The molecule has 6 heteroatoms. The minimum atomic E-state index is -0.334. The second-order valence-electron chi connectivity index (χ2n) is 5.61. The van der Waals surface area contributed by atoms with Crippen molar-refractivity contribution in [2.24, 2.45) is 0 Å². The normalized spacial score (nSPS) is 10.3. The van der Waals surface area contributed by atoms with Gasteiger partial charge in [-0.1, -0.05) is 24.3 Å². The predicted octanol–water partition coefficient (Wildman–Crippen LogP) is 3.60. The second-order valence-corrected chi connectivity index (χ2v) is 5.61. The Bertz CT molecular complexity index is 863. The molecule has 0 atom stereocenters. The molecule has 1 amide bonds. The summed E-state index contributed by atoms with van der Waals surface area (Å²) in [5, 5.41) is 13.8. The van der Waals surface area contributed by atoms with Gasteiger partial charge in [0.25, 0.3) is 5.91 Å². The summed E-state index contributed by atoms with van der Waals surface area (Å²) in [6, 6.07) is 17.1. The zero-order valence-electron chi connectivity index (χ0n) is 13.7. The molecule has 0 radical (unpaired) electrons. The number of nitrogens with zero attached hydrogens (tertiary/aromatic N) is 2. The smallest absolute Gasteiger partial charge is 0.272 e. The van der Waals surface area contributed by atoms with Crippen LogP contribution < -0.4 is 10.6 Å². The lowest BCUT2D eigenvalue weighted by Gasteiger charge is -2.07. The lowest BCUT2D eigenvalue weighted by Crippen LogP contribution is -2.24. The Morgan fingerprint density at radius 3 is 2.52 bits per heavy atom. The topological polar surface area (TPSA) is 66.9 Å². The third-order valence-corrected chi connectivity index (χ3v) is 3.55. The van der Waals surface area contributed by atoms with Gasteiger partial charge in [0.05, 0.1) is 0 Å². The maximum absolute atomic E-state index is 12.9. The van der Waals surface area contributed by atoms with E-state index in [-0.39, 0.29) is 17.4 Å². The average molecular weight is 336 g/mol. The SMILES string of the molecule is Cc1cccc(Nc2ccc(C(=O)NCc3ccc(F)cc3)nn2)c1. The van der Waals surface area contributed by atoms with Gasteiger partial charge < -0.3 is 10.6 Å². The average Bonchev–Trinajstić information content (AvgIpc) is 2.62. The van der Waals surface area contributed by atoms with Crippen LogP contribution in [0.15, 0.2) is 60.7 Å². The lowest BCUT2D eigenvalue weighted by atomic mass is 10.2. The van der Waals surface area contributed by atoms with Crippen LogP contribution in [0.4, 0.5) is 15.9 Å². The van der Waals surface area contributed by atoms with Crippen molar-refractivity contribution in [3.8, 4) is 0 Å². The largest absolute Gasteiger partial charge is 0.347 e. The van der Waals surface area contributed by atoms with E-state index in [0.29, 0.717) is 12.4 Å². The quantitative estimate of drug-likeness (QED) is 0.747. The first-order chi connectivity index (χ1) is 12.1. The van der Waals surface area contributed by atoms with Crippen LogP contribution in [0.1, 0.15) is 21.6 Å². The van der Waals surface area contributed by atoms with Crippen molar-refractivity contribution in [1.29, 1.82) is 0 Å². The molecule has 126 valence electrons. The molecular formula is C19H17FN4O. The van der Waals surface area contributed by atoms with Crippen LogP contribution in [0.5, 0.6) is 0 Å². The number of benzene rings is 2. The third-order valence-electron chi connectivity index (χ3n) is 3.55. The van der Waals surface area contributed by atoms with Crippen molar-refractivity contribution in [3.05, 3.63) is 83.3 Å². The first-order valence-corrected chi connectivity index (χ1v) is 7.80. The van der Waals surface area contributed by atoms with Gasteiger partial charge >= 0.3 is 0 Å². The van der Waals surface area contributed by atoms with E-state index in [2.05, 4.69) is 20.8 Å². The summed E-state index contributed by atoms with van der Waals surface area (Å²) in [4.78, 5) is 12.1. The Morgan fingerprint density at radius 2 is 1.84 bits per heavy atom. The zero-order valence-corrected chi connectivity index (χ0v) is 13.7. The van der Waals surface area contributed by atoms with Crippen molar-refractivity contribution in [2.75, 3.05) is 5.32 Å². The maximum Gasteiger partial charge on any atom is 0.272 e. The highest BCUT2D eigenvalue weighted by atomic mass is 19.1. The fraction of sp³-hybridized carbons (Fsp3) is 0.105. The van der Waals surface area contributed by atoms with Crippen LogP contribution in [0, 0.1) is 12.7 Å². The number of rotatable bonds is 5. The molecule has 1 aromatic heterocycles. The zero-order chi connectivity index (χ0) is 17.6. The van der Waals surface area contributed by atoms with Crippen molar-refractivity contribution >= 4 is 17.4 Å². The molecule has 0 unspecified atom stereocenters. The number of nitrogens with one attached hydrogen (secondary N) is 2.